The van der Waals surface area contributed by atoms with Crippen LogP contribution in [-0.2, 0) is 12.8 Å². The molecule has 0 fully saturated rings. The number of hydrogen-bond donors (Lipinski definition) is 2. The van der Waals surface area contributed by atoms with Crippen LogP contribution < -0.4 is 11.1 Å². The van der Waals surface area contributed by atoms with Gasteiger partial charge in [-0.3, -0.25) is 9.59 Å². The van der Waals surface area contributed by atoms with Gasteiger partial charge in [-0.15, -0.1) is 11.3 Å². The minimum atomic E-state index is -0.471. The van der Waals surface area contributed by atoms with E-state index in [1.807, 2.05) is 12.1 Å². The Kier molecular flexibility index (Phi) is 4.31. The van der Waals surface area contributed by atoms with Crippen molar-refractivity contribution >= 4 is 44.1 Å². The van der Waals surface area contributed by atoms with Crippen LogP contribution >= 0.6 is 27.3 Å². The summed E-state index contributed by atoms with van der Waals surface area (Å²) in [5.41, 5.74) is 7.57. The zero-order valence-corrected chi connectivity index (χ0v) is 14.2. The van der Waals surface area contributed by atoms with Gasteiger partial charge in [0.2, 0.25) is 0 Å². The zero-order chi connectivity index (χ0) is 15.7. The van der Waals surface area contributed by atoms with Crippen LogP contribution in [0.25, 0.3) is 0 Å². The molecule has 1 aromatic heterocycles. The van der Waals surface area contributed by atoms with Gasteiger partial charge in [-0.25, -0.2) is 0 Å². The summed E-state index contributed by atoms with van der Waals surface area (Å²) in [6.07, 6.45) is 3.98. The second kappa shape index (κ2) is 6.22. The molecule has 2 amide bonds. The van der Waals surface area contributed by atoms with Gasteiger partial charge in [0.05, 0.1) is 11.1 Å². The van der Waals surface area contributed by atoms with E-state index in [4.69, 9.17) is 5.73 Å². The molecule has 0 aliphatic heterocycles. The predicted molar refractivity (Wildman–Crippen MR) is 91.6 cm³/mol. The molecule has 1 aromatic carbocycles. The molecule has 4 nitrogen and oxygen atoms in total. The molecular formula is C16H15BrN2O2S. The third kappa shape index (κ3) is 2.80. The highest BCUT2D eigenvalue weighted by Gasteiger charge is 2.25. The lowest BCUT2D eigenvalue weighted by Gasteiger charge is -2.11. The third-order valence-electron chi connectivity index (χ3n) is 3.76. The smallest absolute Gasteiger partial charge is 0.257 e. The van der Waals surface area contributed by atoms with Crippen molar-refractivity contribution in [3.05, 3.63) is 50.3 Å². The maximum Gasteiger partial charge on any atom is 0.257 e. The quantitative estimate of drug-likeness (QED) is 0.853. The number of hydrogen-bond acceptors (Lipinski definition) is 3. The summed E-state index contributed by atoms with van der Waals surface area (Å²) in [4.78, 5) is 25.4. The summed E-state index contributed by atoms with van der Waals surface area (Å²) in [6.45, 7) is 0. The number of halogens is 1. The van der Waals surface area contributed by atoms with Gasteiger partial charge in [-0.2, -0.15) is 0 Å². The average Bonchev–Trinajstić information content (AvgIpc) is 2.85. The average molecular weight is 379 g/mol. The first-order valence-corrected chi connectivity index (χ1v) is 8.69. The molecule has 1 aliphatic rings. The van der Waals surface area contributed by atoms with E-state index in [0.717, 1.165) is 35.7 Å². The molecular weight excluding hydrogens is 364 g/mol. The van der Waals surface area contributed by atoms with Crippen molar-refractivity contribution < 1.29 is 9.59 Å². The van der Waals surface area contributed by atoms with Gasteiger partial charge in [-0.05, 0) is 59.3 Å². The van der Waals surface area contributed by atoms with Crippen molar-refractivity contribution in [2.75, 3.05) is 5.32 Å². The molecule has 0 atom stereocenters. The van der Waals surface area contributed by atoms with E-state index in [2.05, 4.69) is 21.2 Å². The van der Waals surface area contributed by atoms with Crippen LogP contribution in [0.15, 0.2) is 28.7 Å². The Bertz CT molecular complexity index is 755. The fourth-order valence-corrected chi connectivity index (χ4v) is 4.48. The molecule has 3 rings (SSSR count). The van der Waals surface area contributed by atoms with E-state index in [0.29, 0.717) is 16.1 Å². The second-order valence-corrected chi connectivity index (χ2v) is 7.17. The summed E-state index contributed by atoms with van der Waals surface area (Å²) in [6, 6.07) is 7.19. The van der Waals surface area contributed by atoms with Crippen LogP contribution in [0.1, 0.15) is 44.0 Å². The van der Waals surface area contributed by atoms with E-state index < -0.39 is 5.91 Å². The van der Waals surface area contributed by atoms with Crippen molar-refractivity contribution in [1.29, 1.82) is 0 Å². The fourth-order valence-electron chi connectivity index (χ4n) is 2.73. The van der Waals surface area contributed by atoms with E-state index in [1.165, 1.54) is 16.2 Å². The number of carbonyl (C=O) groups excluding carboxylic acids is 2. The molecule has 6 heteroatoms. The van der Waals surface area contributed by atoms with Crippen molar-refractivity contribution in [3.8, 4) is 0 Å². The number of benzene rings is 1. The minimum Gasteiger partial charge on any atom is -0.365 e. The molecule has 0 unspecified atom stereocenters. The lowest BCUT2D eigenvalue weighted by molar-refractivity contribution is 0.100. The van der Waals surface area contributed by atoms with Gasteiger partial charge in [-0.1, -0.05) is 12.1 Å². The van der Waals surface area contributed by atoms with Crippen LogP contribution in [0.3, 0.4) is 0 Å². The molecule has 1 aliphatic carbocycles. The highest BCUT2D eigenvalue weighted by atomic mass is 79.9. The monoisotopic (exact) mass is 378 g/mol. The Morgan fingerprint density at radius 2 is 1.91 bits per heavy atom. The van der Waals surface area contributed by atoms with Crippen LogP contribution in [0, 0.1) is 0 Å². The standard InChI is InChI=1S/C16H15BrN2O2S/c17-11-7-3-1-5-9(11)15(21)19-16-13(14(18)20)10-6-2-4-8-12(10)22-16/h1,3,5,7H,2,4,6,8H2,(H2,18,20)(H,19,21). The summed E-state index contributed by atoms with van der Waals surface area (Å²) in [5.74, 6) is -0.713. The van der Waals surface area contributed by atoms with E-state index >= 15 is 0 Å². The maximum atomic E-state index is 12.4. The normalized spacial score (nSPS) is 13.5. The fraction of sp³-hybridized carbons (Fsp3) is 0.250. The van der Waals surface area contributed by atoms with E-state index in [1.54, 1.807) is 12.1 Å². The van der Waals surface area contributed by atoms with Gasteiger partial charge >= 0.3 is 0 Å². The first kappa shape index (κ1) is 15.2. The number of anilines is 1. The number of aryl methyl sites for hydroxylation is 1. The SMILES string of the molecule is NC(=O)c1c(NC(=O)c2ccccc2Br)sc2c1CCCC2. The first-order chi connectivity index (χ1) is 10.6. The highest BCUT2D eigenvalue weighted by Crippen LogP contribution is 2.38. The molecule has 0 saturated carbocycles. The van der Waals surface area contributed by atoms with Gasteiger partial charge in [0, 0.05) is 9.35 Å². The van der Waals surface area contributed by atoms with Gasteiger partial charge in [0.25, 0.3) is 11.8 Å². The molecule has 1 heterocycles. The molecule has 22 heavy (non-hydrogen) atoms. The summed E-state index contributed by atoms with van der Waals surface area (Å²) in [7, 11) is 0. The number of fused-ring (bicyclic) bond motifs is 1. The molecule has 114 valence electrons. The Morgan fingerprint density at radius 1 is 1.18 bits per heavy atom. The summed E-state index contributed by atoms with van der Waals surface area (Å²) in [5, 5.41) is 3.42. The van der Waals surface area contributed by atoms with Crippen molar-refractivity contribution in [3.63, 3.8) is 0 Å². The number of nitrogens with one attached hydrogen (secondary N) is 1. The van der Waals surface area contributed by atoms with Gasteiger partial charge in [0.1, 0.15) is 5.00 Å². The molecule has 0 saturated heterocycles. The van der Waals surface area contributed by atoms with Crippen LogP contribution in [0.2, 0.25) is 0 Å². The van der Waals surface area contributed by atoms with Gasteiger partial charge in [0.15, 0.2) is 0 Å². The lowest BCUT2D eigenvalue weighted by Crippen LogP contribution is -2.18. The Morgan fingerprint density at radius 3 is 2.64 bits per heavy atom. The largest absolute Gasteiger partial charge is 0.365 e. The third-order valence-corrected chi connectivity index (χ3v) is 5.66. The lowest BCUT2D eigenvalue weighted by atomic mass is 9.95. The number of carbonyl (C=O) groups is 2. The molecule has 0 radical (unpaired) electrons. The maximum absolute atomic E-state index is 12.4. The Balaban J connectivity index is 1.95. The molecule has 0 bridgehead atoms. The van der Waals surface area contributed by atoms with E-state index in [-0.39, 0.29) is 5.91 Å². The number of thiophene rings is 1. The Labute approximate surface area is 140 Å². The predicted octanol–water partition coefficient (Wildman–Crippen LogP) is 3.74. The number of amides is 2. The zero-order valence-electron chi connectivity index (χ0n) is 11.8. The van der Waals surface area contributed by atoms with Crippen LogP contribution in [0.4, 0.5) is 5.00 Å². The topological polar surface area (TPSA) is 72.2 Å². The van der Waals surface area contributed by atoms with E-state index in [9.17, 15) is 9.59 Å². The van der Waals surface area contributed by atoms with Crippen molar-refractivity contribution in [2.24, 2.45) is 5.73 Å². The minimum absolute atomic E-state index is 0.242. The van der Waals surface area contributed by atoms with Crippen molar-refractivity contribution in [2.45, 2.75) is 25.7 Å². The highest BCUT2D eigenvalue weighted by molar-refractivity contribution is 9.10. The molecule has 3 N–H and O–H groups in total. The number of rotatable bonds is 3. The summed E-state index contributed by atoms with van der Waals surface area (Å²) < 4.78 is 0.717. The second-order valence-electron chi connectivity index (χ2n) is 5.21. The number of primary amides is 1. The Hall–Kier alpha value is -1.66. The van der Waals surface area contributed by atoms with Crippen LogP contribution in [0.5, 0.6) is 0 Å². The number of nitrogens with two attached hydrogens (primary N) is 1. The molecule has 2 aromatic rings. The summed E-state index contributed by atoms with van der Waals surface area (Å²) >= 11 is 4.84. The van der Waals surface area contributed by atoms with Crippen molar-refractivity contribution in [1.82, 2.24) is 0 Å². The first-order valence-electron chi connectivity index (χ1n) is 7.08. The van der Waals surface area contributed by atoms with Gasteiger partial charge < -0.3 is 11.1 Å². The van der Waals surface area contributed by atoms with Crippen LogP contribution in [-0.4, -0.2) is 11.8 Å². The molecule has 0 spiro atoms.